The van der Waals surface area contributed by atoms with Crippen molar-refractivity contribution in [1.29, 1.82) is 0 Å². The molecule has 0 aromatic rings. The highest BCUT2D eigenvalue weighted by molar-refractivity contribution is 14.0. The molecule has 0 aliphatic rings. The average Bonchev–Trinajstić information content (AvgIpc) is 2.31. The number of aliphatic imine (C=N–C) groups is 1. The molecule has 5 nitrogen and oxygen atoms in total. The van der Waals surface area contributed by atoms with Gasteiger partial charge in [-0.15, -0.1) is 24.0 Å². The molecule has 7 heteroatoms. The number of nitrogens with one attached hydrogen (secondary N) is 2. The van der Waals surface area contributed by atoms with E-state index in [-0.39, 0.29) is 35.8 Å². The van der Waals surface area contributed by atoms with Crippen molar-refractivity contribution in [3.05, 3.63) is 0 Å². The van der Waals surface area contributed by atoms with Crippen molar-refractivity contribution in [1.82, 2.24) is 10.6 Å². The molecule has 2 N–H and O–H groups in total. The van der Waals surface area contributed by atoms with Gasteiger partial charge >= 0.3 is 0 Å². The van der Waals surface area contributed by atoms with Gasteiger partial charge in [-0.1, -0.05) is 13.8 Å². The van der Waals surface area contributed by atoms with Gasteiger partial charge in [0.05, 0.1) is 5.75 Å². The summed E-state index contributed by atoms with van der Waals surface area (Å²) in [5, 5.41) is 6.44. The first kappa shape index (κ1) is 23.2. The average molecular weight is 433 g/mol. The number of sulfone groups is 1. The predicted molar refractivity (Wildman–Crippen MR) is 102 cm³/mol. The molecule has 0 aliphatic heterocycles. The summed E-state index contributed by atoms with van der Waals surface area (Å²) < 4.78 is 22.3. The molecule has 1 unspecified atom stereocenters. The fourth-order valence-electron chi connectivity index (χ4n) is 1.71. The van der Waals surface area contributed by atoms with Gasteiger partial charge < -0.3 is 10.6 Å². The zero-order valence-electron chi connectivity index (χ0n) is 14.0. The second-order valence-electron chi connectivity index (χ2n) is 5.76. The molecule has 1 atom stereocenters. The number of halogens is 1. The standard InChI is InChI=1S/C14H31N3O2S.HI/c1-6-15-14(16-10-7-8-12(2)3)17-13(4)9-11-20(5,18)19;/h12-13H,6-11H2,1-5H3,(H2,15,16,17);1H. The van der Waals surface area contributed by atoms with Crippen LogP contribution in [-0.2, 0) is 9.84 Å². The molecule has 0 rings (SSSR count). The van der Waals surface area contributed by atoms with Crippen LogP contribution in [0.3, 0.4) is 0 Å². The molecule has 128 valence electrons. The van der Waals surface area contributed by atoms with Gasteiger partial charge in [-0.05, 0) is 39.0 Å². The lowest BCUT2D eigenvalue weighted by Gasteiger charge is -2.17. The van der Waals surface area contributed by atoms with Crippen molar-refractivity contribution >= 4 is 39.8 Å². The van der Waals surface area contributed by atoms with Crippen molar-refractivity contribution in [2.24, 2.45) is 10.9 Å². The summed E-state index contributed by atoms with van der Waals surface area (Å²) in [6.45, 7) is 10.0. The third kappa shape index (κ3) is 16.2. The Morgan fingerprint density at radius 3 is 2.29 bits per heavy atom. The van der Waals surface area contributed by atoms with E-state index in [0.717, 1.165) is 25.5 Å². The Morgan fingerprint density at radius 2 is 1.81 bits per heavy atom. The molecule has 0 bridgehead atoms. The summed E-state index contributed by atoms with van der Waals surface area (Å²) >= 11 is 0. The van der Waals surface area contributed by atoms with E-state index in [1.54, 1.807) is 0 Å². The molecule has 0 spiro atoms. The maximum absolute atomic E-state index is 11.1. The molecule has 0 saturated heterocycles. The first-order valence-corrected chi connectivity index (χ1v) is 9.53. The van der Waals surface area contributed by atoms with Crippen molar-refractivity contribution < 1.29 is 8.42 Å². The maximum Gasteiger partial charge on any atom is 0.191 e. The second-order valence-corrected chi connectivity index (χ2v) is 8.02. The third-order valence-corrected chi connectivity index (χ3v) is 3.84. The SMILES string of the molecule is CCNC(=NCCCC(C)C)NC(C)CCS(C)(=O)=O.I. The summed E-state index contributed by atoms with van der Waals surface area (Å²) in [6, 6.07) is 0.0904. The van der Waals surface area contributed by atoms with Crippen molar-refractivity contribution in [2.45, 2.75) is 53.0 Å². The Bertz CT molecular complexity index is 384. The van der Waals surface area contributed by atoms with Crippen LogP contribution in [0.1, 0.15) is 47.0 Å². The van der Waals surface area contributed by atoms with Gasteiger partial charge in [-0.25, -0.2) is 8.42 Å². The molecule has 0 aromatic heterocycles. The van der Waals surface area contributed by atoms with Gasteiger partial charge in [-0.2, -0.15) is 0 Å². The van der Waals surface area contributed by atoms with Crippen LogP contribution >= 0.6 is 24.0 Å². The highest BCUT2D eigenvalue weighted by atomic mass is 127. The Balaban J connectivity index is 0. The fourth-order valence-corrected chi connectivity index (χ4v) is 2.49. The number of guanidine groups is 1. The molecule has 0 aromatic carbocycles. The van der Waals surface area contributed by atoms with E-state index in [1.165, 1.54) is 12.7 Å². The highest BCUT2D eigenvalue weighted by Gasteiger charge is 2.09. The summed E-state index contributed by atoms with van der Waals surface area (Å²) in [6.07, 6.45) is 4.11. The molecule has 21 heavy (non-hydrogen) atoms. The van der Waals surface area contributed by atoms with Gasteiger partial charge in [0, 0.05) is 25.4 Å². The summed E-state index contributed by atoms with van der Waals surface area (Å²) in [5.41, 5.74) is 0. The van der Waals surface area contributed by atoms with Crippen LogP contribution in [-0.4, -0.2) is 45.5 Å². The van der Waals surface area contributed by atoms with Crippen molar-refractivity contribution in [3.8, 4) is 0 Å². The van der Waals surface area contributed by atoms with Gasteiger partial charge in [0.2, 0.25) is 0 Å². The first-order chi connectivity index (χ1) is 9.24. The van der Waals surface area contributed by atoms with Gasteiger partial charge in [0.15, 0.2) is 5.96 Å². The zero-order chi connectivity index (χ0) is 15.6. The number of hydrogen-bond acceptors (Lipinski definition) is 3. The van der Waals surface area contributed by atoms with E-state index in [1.807, 2.05) is 13.8 Å². The van der Waals surface area contributed by atoms with Crippen LogP contribution in [0.5, 0.6) is 0 Å². The molecule has 0 heterocycles. The fraction of sp³-hybridized carbons (Fsp3) is 0.929. The van der Waals surface area contributed by atoms with Crippen LogP contribution in [0, 0.1) is 5.92 Å². The Morgan fingerprint density at radius 1 is 1.19 bits per heavy atom. The predicted octanol–water partition coefficient (Wildman–Crippen LogP) is 2.42. The molecule has 0 fully saturated rings. The smallest absolute Gasteiger partial charge is 0.191 e. The third-order valence-electron chi connectivity index (χ3n) is 2.86. The van der Waals surface area contributed by atoms with E-state index in [0.29, 0.717) is 12.3 Å². The van der Waals surface area contributed by atoms with Crippen LogP contribution in [0.25, 0.3) is 0 Å². The largest absolute Gasteiger partial charge is 0.357 e. The molecular formula is C14H32IN3O2S. The minimum Gasteiger partial charge on any atom is -0.357 e. The minimum atomic E-state index is -2.90. The van der Waals surface area contributed by atoms with E-state index < -0.39 is 9.84 Å². The van der Waals surface area contributed by atoms with E-state index in [2.05, 4.69) is 29.5 Å². The minimum absolute atomic E-state index is 0. The maximum atomic E-state index is 11.1. The lowest BCUT2D eigenvalue weighted by Crippen LogP contribution is -2.42. The quantitative estimate of drug-likeness (QED) is 0.254. The van der Waals surface area contributed by atoms with Gasteiger partial charge in [0.25, 0.3) is 0 Å². The molecule has 0 aliphatic carbocycles. The number of hydrogen-bond donors (Lipinski definition) is 2. The van der Waals surface area contributed by atoms with Gasteiger partial charge in [0.1, 0.15) is 9.84 Å². The van der Waals surface area contributed by atoms with E-state index in [4.69, 9.17) is 0 Å². The summed E-state index contributed by atoms with van der Waals surface area (Å²) in [7, 11) is -2.90. The van der Waals surface area contributed by atoms with Gasteiger partial charge in [-0.3, -0.25) is 4.99 Å². The lowest BCUT2D eigenvalue weighted by atomic mass is 10.1. The van der Waals surface area contributed by atoms with E-state index in [9.17, 15) is 8.42 Å². The van der Waals surface area contributed by atoms with Crippen molar-refractivity contribution in [3.63, 3.8) is 0 Å². The molecule has 0 amide bonds. The number of nitrogens with zero attached hydrogens (tertiary/aromatic N) is 1. The van der Waals surface area contributed by atoms with Crippen LogP contribution < -0.4 is 10.6 Å². The van der Waals surface area contributed by atoms with Crippen LogP contribution in [0.15, 0.2) is 4.99 Å². The Kier molecular flexibility index (Phi) is 13.8. The first-order valence-electron chi connectivity index (χ1n) is 7.47. The second kappa shape index (κ2) is 12.5. The normalized spacial score (nSPS) is 13.7. The topological polar surface area (TPSA) is 70.6 Å². The number of rotatable bonds is 9. The monoisotopic (exact) mass is 433 g/mol. The van der Waals surface area contributed by atoms with E-state index >= 15 is 0 Å². The summed E-state index contributed by atoms with van der Waals surface area (Å²) in [5.74, 6) is 1.68. The molecular weight excluding hydrogens is 401 g/mol. The Hall–Kier alpha value is -0.0500. The Labute approximate surface area is 147 Å². The highest BCUT2D eigenvalue weighted by Crippen LogP contribution is 2.03. The lowest BCUT2D eigenvalue weighted by molar-refractivity contribution is 0.558. The molecule has 0 radical (unpaired) electrons. The summed E-state index contributed by atoms with van der Waals surface area (Å²) in [4.78, 5) is 4.51. The molecule has 0 saturated carbocycles. The van der Waals surface area contributed by atoms with Crippen LogP contribution in [0.2, 0.25) is 0 Å². The zero-order valence-corrected chi connectivity index (χ0v) is 17.1. The van der Waals surface area contributed by atoms with Crippen LogP contribution in [0.4, 0.5) is 0 Å². The van der Waals surface area contributed by atoms with Crippen molar-refractivity contribution in [2.75, 3.05) is 25.1 Å².